The van der Waals surface area contributed by atoms with E-state index in [1.165, 1.54) is 0 Å². The summed E-state index contributed by atoms with van der Waals surface area (Å²) in [6, 6.07) is 7.26. The average molecular weight is 248 g/mol. The van der Waals surface area contributed by atoms with Gasteiger partial charge in [0.15, 0.2) is 0 Å². The number of nitrogens with zero attached hydrogens (tertiary/aromatic N) is 1. The van der Waals surface area contributed by atoms with Crippen LogP contribution in [-0.2, 0) is 6.54 Å². The van der Waals surface area contributed by atoms with Crippen LogP contribution in [0.25, 0.3) is 0 Å². The normalized spacial score (nSPS) is 12.3. The third-order valence-electron chi connectivity index (χ3n) is 2.55. The summed E-state index contributed by atoms with van der Waals surface area (Å²) in [5, 5.41) is 12.9. The first-order valence-corrected chi connectivity index (χ1v) is 5.70. The summed E-state index contributed by atoms with van der Waals surface area (Å²) in [5.41, 5.74) is 1.05. The molecule has 0 fully saturated rings. The van der Waals surface area contributed by atoms with Crippen LogP contribution in [0.3, 0.4) is 0 Å². The zero-order valence-electron chi connectivity index (χ0n) is 10.2. The Labute approximate surface area is 105 Å². The largest absolute Gasteiger partial charge is 0.481 e. The summed E-state index contributed by atoms with van der Waals surface area (Å²) in [5.74, 6) is 1.15. The number of nitrogens with one attached hydrogen (secondary N) is 1. The molecule has 1 unspecified atom stereocenters. The number of aliphatic hydroxyl groups excluding tert-OH is 1. The second-order valence-corrected chi connectivity index (χ2v) is 3.87. The predicted octanol–water partition coefficient (Wildman–Crippen LogP) is 1.51. The molecule has 0 aliphatic heterocycles. The Hall–Kier alpha value is -1.85. The minimum absolute atomic E-state index is 0.429. The van der Waals surface area contributed by atoms with Gasteiger partial charge in [-0.3, -0.25) is 0 Å². The molecule has 18 heavy (non-hydrogen) atoms. The molecular formula is C13H16N2O3. The van der Waals surface area contributed by atoms with Crippen molar-refractivity contribution in [1.29, 1.82) is 0 Å². The van der Waals surface area contributed by atoms with Gasteiger partial charge < -0.3 is 19.6 Å². The van der Waals surface area contributed by atoms with Gasteiger partial charge in [-0.1, -0.05) is 0 Å². The Balaban J connectivity index is 1.81. The van der Waals surface area contributed by atoms with Gasteiger partial charge in [-0.05, 0) is 23.8 Å². The van der Waals surface area contributed by atoms with Gasteiger partial charge in [0.2, 0.25) is 5.88 Å². The third-order valence-corrected chi connectivity index (χ3v) is 2.55. The summed E-state index contributed by atoms with van der Waals surface area (Å²) in [7, 11) is 1.58. The van der Waals surface area contributed by atoms with Crippen molar-refractivity contribution >= 4 is 0 Å². The van der Waals surface area contributed by atoms with E-state index in [9.17, 15) is 5.11 Å². The van der Waals surface area contributed by atoms with Crippen molar-refractivity contribution in [3.63, 3.8) is 0 Å². The molecule has 0 aliphatic rings. The van der Waals surface area contributed by atoms with E-state index in [-0.39, 0.29) is 0 Å². The van der Waals surface area contributed by atoms with E-state index in [1.807, 2.05) is 12.1 Å². The molecule has 96 valence electrons. The first-order chi connectivity index (χ1) is 8.79. The maximum absolute atomic E-state index is 9.79. The van der Waals surface area contributed by atoms with E-state index in [2.05, 4.69) is 10.3 Å². The van der Waals surface area contributed by atoms with Crippen molar-refractivity contribution in [1.82, 2.24) is 10.3 Å². The highest BCUT2D eigenvalue weighted by atomic mass is 16.5. The zero-order chi connectivity index (χ0) is 12.8. The molecule has 5 heteroatoms. The van der Waals surface area contributed by atoms with Crippen molar-refractivity contribution in [3.8, 4) is 5.88 Å². The van der Waals surface area contributed by atoms with Gasteiger partial charge in [-0.15, -0.1) is 0 Å². The number of methoxy groups -OCH3 is 1. The lowest BCUT2D eigenvalue weighted by molar-refractivity contribution is 0.147. The molecule has 2 aromatic rings. The van der Waals surface area contributed by atoms with Crippen LogP contribution in [0, 0.1) is 0 Å². The minimum atomic E-state index is -0.635. The first kappa shape index (κ1) is 12.6. The number of rotatable bonds is 6. The Morgan fingerprint density at radius 1 is 1.50 bits per heavy atom. The minimum Gasteiger partial charge on any atom is -0.481 e. The molecule has 0 radical (unpaired) electrons. The van der Waals surface area contributed by atoms with Crippen molar-refractivity contribution < 1.29 is 14.3 Å². The van der Waals surface area contributed by atoms with Crippen LogP contribution in [-0.4, -0.2) is 23.7 Å². The van der Waals surface area contributed by atoms with Gasteiger partial charge in [0.25, 0.3) is 0 Å². The fraction of sp³-hybridized carbons (Fsp3) is 0.308. The zero-order valence-corrected chi connectivity index (χ0v) is 10.2. The molecule has 2 N–H and O–H groups in total. The highest BCUT2D eigenvalue weighted by Gasteiger charge is 2.09. The van der Waals surface area contributed by atoms with Crippen LogP contribution in [0.5, 0.6) is 5.88 Å². The Bertz CT molecular complexity index is 471. The molecule has 2 aromatic heterocycles. The van der Waals surface area contributed by atoms with Gasteiger partial charge in [0, 0.05) is 25.4 Å². The average Bonchev–Trinajstić information content (AvgIpc) is 2.93. The smallest absolute Gasteiger partial charge is 0.213 e. The number of hydrogen-bond donors (Lipinski definition) is 2. The van der Waals surface area contributed by atoms with Crippen LogP contribution >= 0.6 is 0 Å². The molecule has 0 saturated heterocycles. The number of hydrogen-bond acceptors (Lipinski definition) is 5. The Kier molecular flexibility index (Phi) is 4.33. The van der Waals surface area contributed by atoms with Crippen molar-refractivity contribution in [2.24, 2.45) is 0 Å². The monoisotopic (exact) mass is 248 g/mol. The van der Waals surface area contributed by atoms with E-state index < -0.39 is 6.10 Å². The van der Waals surface area contributed by atoms with Crippen molar-refractivity contribution in [2.45, 2.75) is 12.6 Å². The van der Waals surface area contributed by atoms with Crippen LogP contribution in [0.15, 0.2) is 41.1 Å². The summed E-state index contributed by atoms with van der Waals surface area (Å²) < 4.78 is 10.2. The van der Waals surface area contributed by atoms with E-state index in [4.69, 9.17) is 9.15 Å². The molecule has 5 nitrogen and oxygen atoms in total. The predicted molar refractivity (Wildman–Crippen MR) is 66.2 cm³/mol. The fourth-order valence-electron chi connectivity index (χ4n) is 1.61. The van der Waals surface area contributed by atoms with Crippen molar-refractivity contribution in [2.75, 3.05) is 13.7 Å². The van der Waals surface area contributed by atoms with Gasteiger partial charge in [0.1, 0.15) is 11.9 Å². The lowest BCUT2D eigenvalue weighted by atomic mass is 10.2. The molecule has 0 aromatic carbocycles. The second-order valence-electron chi connectivity index (χ2n) is 3.87. The standard InChI is InChI=1S/C13H16N2O3/c1-17-13-7-10(4-5-15-13)8-14-9-11(16)12-3-2-6-18-12/h2-7,11,14,16H,8-9H2,1H3. The second kappa shape index (κ2) is 6.18. The Morgan fingerprint density at radius 2 is 2.39 bits per heavy atom. The molecule has 0 aliphatic carbocycles. The fourth-order valence-corrected chi connectivity index (χ4v) is 1.61. The highest BCUT2D eigenvalue weighted by molar-refractivity contribution is 5.20. The summed E-state index contributed by atoms with van der Waals surface area (Å²) in [6.07, 6.45) is 2.61. The van der Waals surface area contributed by atoms with Gasteiger partial charge in [0.05, 0.1) is 13.4 Å². The Morgan fingerprint density at radius 3 is 3.11 bits per heavy atom. The molecule has 0 amide bonds. The van der Waals surface area contributed by atoms with E-state index in [0.29, 0.717) is 24.7 Å². The number of aromatic nitrogens is 1. The number of ether oxygens (including phenoxy) is 1. The van der Waals surface area contributed by atoms with Crippen LogP contribution < -0.4 is 10.1 Å². The summed E-state index contributed by atoms with van der Waals surface area (Å²) in [6.45, 7) is 1.06. The third kappa shape index (κ3) is 3.32. The van der Waals surface area contributed by atoms with Gasteiger partial charge >= 0.3 is 0 Å². The first-order valence-electron chi connectivity index (χ1n) is 5.70. The SMILES string of the molecule is COc1cc(CNCC(O)c2ccco2)ccn1. The maximum Gasteiger partial charge on any atom is 0.213 e. The summed E-state index contributed by atoms with van der Waals surface area (Å²) >= 11 is 0. The van der Waals surface area contributed by atoms with E-state index in [1.54, 1.807) is 31.7 Å². The lowest BCUT2D eigenvalue weighted by Gasteiger charge is -2.09. The summed E-state index contributed by atoms with van der Waals surface area (Å²) in [4.78, 5) is 4.03. The molecule has 0 spiro atoms. The molecule has 1 atom stereocenters. The van der Waals surface area contributed by atoms with Crippen LogP contribution in [0.1, 0.15) is 17.4 Å². The topological polar surface area (TPSA) is 67.5 Å². The molecular weight excluding hydrogens is 232 g/mol. The van der Waals surface area contributed by atoms with Crippen LogP contribution in [0.2, 0.25) is 0 Å². The van der Waals surface area contributed by atoms with Gasteiger partial charge in [-0.25, -0.2) is 4.98 Å². The molecule has 2 rings (SSSR count). The van der Waals surface area contributed by atoms with E-state index >= 15 is 0 Å². The highest BCUT2D eigenvalue weighted by Crippen LogP contribution is 2.12. The lowest BCUT2D eigenvalue weighted by Crippen LogP contribution is -2.20. The number of furan rings is 1. The molecule has 2 heterocycles. The van der Waals surface area contributed by atoms with Crippen molar-refractivity contribution in [3.05, 3.63) is 48.0 Å². The quantitative estimate of drug-likeness (QED) is 0.811. The maximum atomic E-state index is 9.79. The van der Waals surface area contributed by atoms with E-state index in [0.717, 1.165) is 5.56 Å². The molecule has 0 saturated carbocycles. The number of pyridine rings is 1. The van der Waals surface area contributed by atoms with Gasteiger partial charge in [-0.2, -0.15) is 0 Å². The van der Waals surface area contributed by atoms with Crippen LogP contribution in [0.4, 0.5) is 0 Å². The molecule has 0 bridgehead atoms. The number of aliphatic hydroxyl groups is 1.